The zero-order valence-corrected chi connectivity index (χ0v) is 19.8. The van der Waals surface area contributed by atoms with Crippen LogP contribution in [0.4, 0.5) is 0 Å². The zero-order valence-electron chi connectivity index (χ0n) is 17.5. The monoisotopic (exact) mass is 518 g/mol. The molecular weight excluding hydrogens is 487 g/mol. The van der Waals surface area contributed by atoms with Crippen molar-refractivity contribution < 1.29 is 19.1 Å². The van der Waals surface area contributed by atoms with Crippen molar-refractivity contribution in [2.75, 3.05) is 33.9 Å². The largest absolute Gasteiger partial charge is 0.496 e. The number of hydrogen-bond donors (Lipinski definition) is 2. The summed E-state index contributed by atoms with van der Waals surface area (Å²) in [6.45, 7) is 6.46. The third-order valence-corrected chi connectivity index (χ3v) is 4.62. The number of ether oxygens (including phenoxy) is 2. The molecule has 1 saturated heterocycles. The van der Waals surface area contributed by atoms with E-state index in [0.29, 0.717) is 36.8 Å². The van der Waals surface area contributed by atoms with E-state index in [9.17, 15) is 9.59 Å². The lowest BCUT2D eigenvalue weighted by Crippen LogP contribution is -2.45. The average molecular weight is 518 g/mol. The molecule has 1 unspecified atom stereocenters. The number of nitrogens with zero attached hydrogens (tertiary/aromatic N) is 2. The summed E-state index contributed by atoms with van der Waals surface area (Å²) in [4.78, 5) is 30.3. The average Bonchev–Trinajstić information content (AvgIpc) is 3.19. The number of benzene rings is 1. The Morgan fingerprint density at radius 1 is 1.28 bits per heavy atom. The van der Waals surface area contributed by atoms with Gasteiger partial charge in [0.05, 0.1) is 20.8 Å². The minimum Gasteiger partial charge on any atom is -0.496 e. The van der Waals surface area contributed by atoms with Crippen LogP contribution in [0.15, 0.2) is 23.2 Å². The molecule has 162 valence electrons. The van der Waals surface area contributed by atoms with Gasteiger partial charge in [0.15, 0.2) is 5.96 Å². The molecule has 1 aromatic carbocycles. The van der Waals surface area contributed by atoms with Crippen LogP contribution in [0.3, 0.4) is 0 Å². The maximum absolute atomic E-state index is 11.9. The first-order valence-electron chi connectivity index (χ1n) is 9.60. The molecule has 29 heavy (non-hydrogen) atoms. The van der Waals surface area contributed by atoms with Crippen LogP contribution in [0.1, 0.15) is 42.6 Å². The number of halogens is 1. The number of likely N-dealkylation sites (tertiary alicyclic amines) is 1. The standard InChI is InChI=1S/C20H30N4O4.HI/c1-5-18(25)24-10-9-15(13-24)23-20(21-6-2)22-12-14-7-8-17(27-3)16(11-14)19(26)28-4;/h7-8,11,15H,5-6,9-10,12-13H2,1-4H3,(H2,21,22,23);1H. The third kappa shape index (κ3) is 7.06. The number of carbonyl (C=O) groups excluding carboxylic acids is 2. The van der Waals surface area contributed by atoms with Crippen molar-refractivity contribution in [3.8, 4) is 5.75 Å². The Kier molecular flexibility index (Phi) is 10.8. The van der Waals surface area contributed by atoms with E-state index >= 15 is 0 Å². The van der Waals surface area contributed by atoms with Crippen molar-refractivity contribution in [3.63, 3.8) is 0 Å². The molecule has 1 aromatic rings. The smallest absolute Gasteiger partial charge is 0.341 e. The molecule has 1 amide bonds. The SMILES string of the molecule is CCNC(=NCc1ccc(OC)c(C(=O)OC)c1)NC1CCN(C(=O)CC)C1.I. The predicted octanol–water partition coefficient (Wildman–Crippen LogP) is 2.17. The fourth-order valence-electron chi connectivity index (χ4n) is 3.13. The van der Waals surface area contributed by atoms with E-state index < -0.39 is 5.97 Å². The van der Waals surface area contributed by atoms with Crippen LogP contribution in [0.25, 0.3) is 0 Å². The van der Waals surface area contributed by atoms with Crippen LogP contribution in [0.2, 0.25) is 0 Å². The molecule has 1 aliphatic heterocycles. The zero-order chi connectivity index (χ0) is 20.5. The Labute approximate surface area is 189 Å². The summed E-state index contributed by atoms with van der Waals surface area (Å²) < 4.78 is 10.0. The number of hydrogen-bond acceptors (Lipinski definition) is 5. The third-order valence-electron chi connectivity index (χ3n) is 4.62. The lowest BCUT2D eigenvalue weighted by atomic mass is 10.1. The Morgan fingerprint density at radius 3 is 2.66 bits per heavy atom. The van der Waals surface area contributed by atoms with Crippen LogP contribution in [0, 0.1) is 0 Å². The van der Waals surface area contributed by atoms with Gasteiger partial charge >= 0.3 is 5.97 Å². The predicted molar refractivity (Wildman–Crippen MR) is 123 cm³/mol. The summed E-state index contributed by atoms with van der Waals surface area (Å²) >= 11 is 0. The molecular formula is C20H31IN4O4. The Morgan fingerprint density at radius 2 is 2.03 bits per heavy atom. The highest BCUT2D eigenvalue weighted by Gasteiger charge is 2.25. The van der Waals surface area contributed by atoms with Gasteiger partial charge in [0.2, 0.25) is 5.91 Å². The maximum atomic E-state index is 11.9. The van der Waals surface area contributed by atoms with E-state index in [1.54, 1.807) is 12.1 Å². The number of aliphatic imine (C=N–C) groups is 1. The summed E-state index contributed by atoms with van der Waals surface area (Å²) in [6.07, 6.45) is 1.42. The Balaban J connectivity index is 0.00000420. The molecule has 0 radical (unpaired) electrons. The highest BCUT2D eigenvalue weighted by Crippen LogP contribution is 2.21. The summed E-state index contributed by atoms with van der Waals surface area (Å²) in [6, 6.07) is 5.52. The minimum atomic E-state index is -0.445. The van der Waals surface area contributed by atoms with Gasteiger partial charge in [-0.3, -0.25) is 4.79 Å². The number of guanidine groups is 1. The molecule has 1 atom stereocenters. The molecule has 0 aromatic heterocycles. The van der Waals surface area contributed by atoms with Crippen molar-refractivity contribution in [3.05, 3.63) is 29.3 Å². The van der Waals surface area contributed by atoms with E-state index in [1.165, 1.54) is 14.2 Å². The van der Waals surface area contributed by atoms with Crippen molar-refractivity contribution in [2.24, 2.45) is 4.99 Å². The number of rotatable bonds is 7. The summed E-state index contributed by atoms with van der Waals surface area (Å²) in [5.41, 5.74) is 1.24. The van der Waals surface area contributed by atoms with Gasteiger partial charge in [-0.2, -0.15) is 0 Å². The summed E-state index contributed by atoms with van der Waals surface area (Å²) in [5, 5.41) is 6.62. The van der Waals surface area contributed by atoms with Gasteiger partial charge in [0.1, 0.15) is 11.3 Å². The topological polar surface area (TPSA) is 92.3 Å². The second-order valence-electron chi connectivity index (χ2n) is 6.54. The van der Waals surface area contributed by atoms with Gasteiger partial charge in [0.25, 0.3) is 0 Å². The molecule has 0 bridgehead atoms. The first-order chi connectivity index (χ1) is 13.5. The number of nitrogens with one attached hydrogen (secondary N) is 2. The Hall–Kier alpha value is -2.04. The van der Waals surface area contributed by atoms with E-state index in [4.69, 9.17) is 9.47 Å². The maximum Gasteiger partial charge on any atom is 0.341 e. The number of methoxy groups -OCH3 is 2. The van der Waals surface area contributed by atoms with Crippen LogP contribution < -0.4 is 15.4 Å². The highest BCUT2D eigenvalue weighted by atomic mass is 127. The Bertz CT molecular complexity index is 726. The molecule has 0 spiro atoms. The molecule has 2 N–H and O–H groups in total. The van der Waals surface area contributed by atoms with Gasteiger partial charge in [-0.1, -0.05) is 13.0 Å². The van der Waals surface area contributed by atoms with E-state index in [1.807, 2.05) is 24.8 Å². The van der Waals surface area contributed by atoms with Crippen molar-refractivity contribution in [1.82, 2.24) is 15.5 Å². The fourth-order valence-corrected chi connectivity index (χ4v) is 3.13. The first-order valence-corrected chi connectivity index (χ1v) is 9.60. The molecule has 0 aliphatic carbocycles. The normalized spacial score (nSPS) is 16.1. The second-order valence-corrected chi connectivity index (χ2v) is 6.54. The van der Waals surface area contributed by atoms with Crippen molar-refractivity contribution in [2.45, 2.75) is 39.3 Å². The quantitative estimate of drug-likeness (QED) is 0.249. The van der Waals surface area contributed by atoms with Crippen molar-refractivity contribution in [1.29, 1.82) is 0 Å². The molecule has 1 heterocycles. The molecule has 8 nitrogen and oxygen atoms in total. The molecule has 1 fully saturated rings. The number of amides is 1. The van der Waals surface area contributed by atoms with Gasteiger partial charge in [-0.05, 0) is 31.0 Å². The van der Waals surface area contributed by atoms with E-state index in [2.05, 4.69) is 15.6 Å². The highest BCUT2D eigenvalue weighted by molar-refractivity contribution is 14.0. The molecule has 2 rings (SSSR count). The van der Waals surface area contributed by atoms with Gasteiger partial charge in [0, 0.05) is 32.1 Å². The summed E-state index contributed by atoms with van der Waals surface area (Å²) in [5.74, 6) is 0.893. The lowest BCUT2D eigenvalue weighted by Gasteiger charge is -2.18. The van der Waals surface area contributed by atoms with Crippen LogP contribution in [-0.4, -0.2) is 62.6 Å². The van der Waals surface area contributed by atoms with Crippen molar-refractivity contribution >= 4 is 41.8 Å². The van der Waals surface area contributed by atoms with Crippen LogP contribution in [-0.2, 0) is 16.1 Å². The molecule has 1 aliphatic rings. The van der Waals surface area contributed by atoms with E-state index in [0.717, 1.165) is 25.1 Å². The molecule has 9 heteroatoms. The van der Waals surface area contributed by atoms with E-state index in [-0.39, 0.29) is 35.9 Å². The number of carbonyl (C=O) groups is 2. The van der Waals surface area contributed by atoms with Gasteiger partial charge < -0.3 is 25.0 Å². The minimum absolute atomic E-state index is 0. The van der Waals surface area contributed by atoms with Gasteiger partial charge in [-0.25, -0.2) is 9.79 Å². The first kappa shape index (κ1) is 25.0. The van der Waals surface area contributed by atoms with Crippen LogP contribution >= 0.6 is 24.0 Å². The second kappa shape index (κ2) is 12.5. The fraction of sp³-hybridized carbons (Fsp3) is 0.550. The number of esters is 1. The lowest BCUT2D eigenvalue weighted by molar-refractivity contribution is -0.129. The van der Waals surface area contributed by atoms with Gasteiger partial charge in [-0.15, -0.1) is 24.0 Å². The van der Waals surface area contributed by atoms with Crippen LogP contribution in [0.5, 0.6) is 5.75 Å². The molecule has 0 saturated carbocycles. The summed E-state index contributed by atoms with van der Waals surface area (Å²) in [7, 11) is 2.86.